The molecule has 0 fully saturated rings. The summed E-state index contributed by atoms with van der Waals surface area (Å²) in [6.45, 7) is 2.44. The van der Waals surface area contributed by atoms with Gasteiger partial charge < -0.3 is 0 Å². The number of nitrogens with zero attached hydrogens (tertiary/aromatic N) is 2. The largest absolute Gasteiger partial charge is 0.296 e. The number of benzene rings is 2. The molecular weight excluding hydrogens is 368 g/mol. The maximum atomic E-state index is 11.4. The van der Waals surface area contributed by atoms with Gasteiger partial charge in [0.2, 0.25) is 6.41 Å². The molecule has 1 amide bonds. The van der Waals surface area contributed by atoms with Crippen molar-refractivity contribution in [3.63, 3.8) is 0 Å². The molecule has 0 spiro atoms. The van der Waals surface area contributed by atoms with Crippen LogP contribution in [0.25, 0.3) is 11.3 Å². The van der Waals surface area contributed by atoms with Gasteiger partial charge >= 0.3 is 0 Å². The molecule has 5 nitrogen and oxygen atoms in total. The first-order valence-electron chi connectivity index (χ1n) is 7.51. The molecule has 6 heteroatoms. The van der Waals surface area contributed by atoms with Crippen LogP contribution in [0.3, 0.4) is 0 Å². The first-order valence-corrected chi connectivity index (χ1v) is 8.30. The van der Waals surface area contributed by atoms with Crippen LogP contribution in [0.5, 0.6) is 0 Å². The number of amides is 1. The monoisotopic (exact) mass is 384 g/mol. The number of aromatic nitrogens is 2. The van der Waals surface area contributed by atoms with E-state index in [0.717, 1.165) is 39.1 Å². The van der Waals surface area contributed by atoms with Crippen LogP contribution in [0.15, 0.2) is 59.1 Å². The van der Waals surface area contributed by atoms with E-state index in [0.29, 0.717) is 6.54 Å². The maximum Gasteiger partial charge on any atom is 0.228 e. The molecule has 2 N–H and O–H groups in total. The molecule has 0 bridgehead atoms. The molecule has 1 aromatic heterocycles. The number of rotatable bonds is 6. The second-order valence-electron chi connectivity index (χ2n) is 5.42. The predicted octanol–water partition coefficient (Wildman–Crippen LogP) is 4.13. The van der Waals surface area contributed by atoms with Crippen LogP contribution in [-0.2, 0) is 11.3 Å². The van der Waals surface area contributed by atoms with Gasteiger partial charge in [-0.05, 0) is 40.5 Å². The second kappa shape index (κ2) is 7.31. The van der Waals surface area contributed by atoms with Crippen LogP contribution in [0.4, 0.5) is 5.69 Å². The number of hydrazine groups is 1. The molecule has 0 aliphatic heterocycles. The van der Waals surface area contributed by atoms with E-state index in [2.05, 4.69) is 31.6 Å². The molecular formula is C18H17BrN4O. The van der Waals surface area contributed by atoms with Crippen LogP contribution in [0, 0.1) is 6.92 Å². The predicted molar refractivity (Wildman–Crippen MR) is 98.1 cm³/mol. The number of aryl methyl sites for hydroxylation is 1. The SMILES string of the molecule is Cc1[nH]nc(-c2cccc(NN(C=O)Cc3ccccc3)c2)c1Br. The third-order valence-corrected chi connectivity index (χ3v) is 4.57. The smallest absolute Gasteiger partial charge is 0.228 e. The van der Waals surface area contributed by atoms with Crippen molar-refractivity contribution in [2.24, 2.45) is 0 Å². The zero-order chi connectivity index (χ0) is 16.9. The first kappa shape index (κ1) is 16.3. The highest BCUT2D eigenvalue weighted by Crippen LogP contribution is 2.29. The summed E-state index contributed by atoms with van der Waals surface area (Å²) in [5, 5.41) is 8.78. The number of hydrogen-bond donors (Lipinski definition) is 2. The summed E-state index contributed by atoms with van der Waals surface area (Å²) in [5.41, 5.74) is 7.78. The van der Waals surface area contributed by atoms with Crippen molar-refractivity contribution in [3.8, 4) is 11.3 Å². The highest BCUT2D eigenvalue weighted by Gasteiger charge is 2.11. The number of hydrogen-bond acceptors (Lipinski definition) is 3. The summed E-state index contributed by atoms with van der Waals surface area (Å²) in [4.78, 5) is 11.4. The summed E-state index contributed by atoms with van der Waals surface area (Å²) in [6.07, 6.45) is 0.786. The topological polar surface area (TPSA) is 61.0 Å². The van der Waals surface area contributed by atoms with E-state index in [1.807, 2.05) is 61.5 Å². The molecule has 0 saturated heterocycles. The van der Waals surface area contributed by atoms with Crippen molar-refractivity contribution in [1.29, 1.82) is 0 Å². The molecule has 0 aliphatic carbocycles. The summed E-state index contributed by atoms with van der Waals surface area (Å²) in [5.74, 6) is 0. The van der Waals surface area contributed by atoms with E-state index in [1.54, 1.807) is 0 Å². The van der Waals surface area contributed by atoms with Crippen molar-refractivity contribution in [3.05, 3.63) is 70.3 Å². The van der Waals surface area contributed by atoms with E-state index in [-0.39, 0.29) is 0 Å². The molecule has 3 aromatic rings. The third-order valence-electron chi connectivity index (χ3n) is 3.60. The lowest BCUT2D eigenvalue weighted by atomic mass is 10.1. The van der Waals surface area contributed by atoms with Gasteiger partial charge in [-0.25, -0.2) is 0 Å². The fourth-order valence-corrected chi connectivity index (χ4v) is 2.80. The van der Waals surface area contributed by atoms with Gasteiger partial charge in [-0.2, -0.15) is 5.10 Å². The van der Waals surface area contributed by atoms with Crippen molar-refractivity contribution in [2.45, 2.75) is 13.5 Å². The van der Waals surface area contributed by atoms with E-state index in [9.17, 15) is 4.79 Å². The van der Waals surface area contributed by atoms with Crippen molar-refractivity contribution in [2.75, 3.05) is 5.43 Å². The normalized spacial score (nSPS) is 10.4. The minimum Gasteiger partial charge on any atom is -0.296 e. The summed E-state index contributed by atoms with van der Waals surface area (Å²) >= 11 is 3.54. The quantitative estimate of drug-likeness (QED) is 0.496. The number of carbonyl (C=O) groups is 1. The Morgan fingerprint density at radius 2 is 2.00 bits per heavy atom. The molecule has 122 valence electrons. The van der Waals surface area contributed by atoms with Gasteiger partial charge in [0.1, 0.15) is 5.69 Å². The maximum absolute atomic E-state index is 11.4. The Kier molecular flexibility index (Phi) is 4.96. The van der Waals surface area contributed by atoms with Crippen LogP contribution in [0.2, 0.25) is 0 Å². The van der Waals surface area contributed by atoms with Crippen LogP contribution >= 0.6 is 15.9 Å². The lowest BCUT2D eigenvalue weighted by Crippen LogP contribution is -2.27. The number of halogens is 1. The molecule has 0 unspecified atom stereocenters. The average molecular weight is 385 g/mol. The Bertz CT molecular complexity index is 832. The van der Waals surface area contributed by atoms with Crippen molar-refractivity contribution < 1.29 is 4.79 Å². The van der Waals surface area contributed by atoms with Gasteiger partial charge in [0, 0.05) is 11.3 Å². The van der Waals surface area contributed by atoms with E-state index in [4.69, 9.17) is 0 Å². The van der Waals surface area contributed by atoms with E-state index < -0.39 is 0 Å². The Balaban J connectivity index is 1.78. The zero-order valence-corrected chi connectivity index (χ0v) is 14.7. The van der Waals surface area contributed by atoms with Gasteiger partial charge in [0.15, 0.2) is 0 Å². The zero-order valence-electron chi connectivity index (χ0n) is 13.2. The standard InChI is InChI=1S/C18H17BrN4O/c1-13-17(19)18(21-20-13)15-8-5-9-16(10-15)22-23(12-24)11-14-6-3-2-4-7-14/h2-10,12,22H,11H2,1H3,(H,20,21). The molecule has 0 radical (unpaired) electrons. The summed E-state index contributed by atoms with van der Waals surface area (Å²) in [6, 6.07) is 17.6. The molecule has 24 heavy (non-hydrogen) atoms. The molecule has 3 rings (SSSR count). The fraction of sp³-hybridized carbons (Fsp3) is 0.111. The van der Waals surface area contributed by atoms with Crippen LogP contribution < -0.4 is 5.43 Å². The molecule has 1 heterocycles. The van der Waals surface area contributed by atoms with E-state index >= 15 is 0 Å². The van der Waals surface area contributed by atoms with Gasteiger partial charge in [0.25, 0.3) is 0 Å². The van der Waals surface area contributed by atoms with E-state index in [1.165, 1.54) is 5.01 Å². The molecule has 0 saturated carbocycles. The lowest BCUT2D eigenvalue weighted by molar-refractivity contribution is -0.117. The number of H-pyrrole nitrogens is 1. The third kappa shape index (κ3) is 3.65. The molecule has 0 atom stereocenters. The summed E-state index contributed by atoms with van der Waals surface area (Å²) < 4.78 is 0.941. The number of nitrogens with one attached hydrogen (secondary N) is 2. The minimum absolute atomic E-state index is 0.486. The van der Waals surface area contributed by atoms with Gasteiger partial charge in [-0.3, -0.25) is 20.3 Å². The van der Waals surface area contributed by atoms with Gasteiger partial charge in [-0.1, -0.05) is 42.5 Å². The van der Waals surface area contributed by atoms with Gasteiger partial charge in [0.05, 0.1) is 16.7 Å². The number of carbonyl (C=O) groups excluding carboxylic acids is 1. The lowest BCUT2D eigenvalue weighted by Gasteiger charge is -2.20. The Morgan fingerprint density at radius 1 is 1.21 bits per heavy atom. The first-order chi connectivity index (χ1) is 11.7. The highest BCUT2D eigenvalue weighted by atomic mass is 79.9. The molecule has 2 aromatic carbocycles. The fourth-order valence-electron chi connectivity index (χ4n) is 2.39. The number of anilines is 1. The van der Waals surface area contributed by atoms with Crippen LogP contribution in [0.1, 0.15) is 11.3 Å². The Morgan fingerprint density at radius 3 is 2.67 bits per heavy atom. The van der Waals surface area contributed by atoms with Crippen molar-refractivity contribution >= 4 is 28.0 Å². The number of aromatic amines is 1. The highest BCUT2D eigenvalue weighted by molar-refractivity contribution is 9.10. The van der Waals surface area contributed by atoms with Gasteiger partial charge in [-0.15, -0.1) is 0 Å². The minimum atomic E-state index is 0.486. The Labute approximate surface area is 148 Å². The van der Waals surface area contributed by atoms with Crippen LogP contribution in [-0.4, -0.2) is 21.6 Å². The average Bonchev–Trinajstić information content (AvgIpc) is 2.95. The Hall–Kier alpha value is -2.60. The van der Waals surface area contributed by atoms with Crippen molar-refractivity contribution in [1.82, 2.24) is 15.2 Å². The molecule has 0 aliphatic rings. The summed E-state index contributed by atoms with van der Waals surface area (Å²) in [7, 11) is 0. The second-order valence-corrected chi connectivity index (χ2v) is 6.22.